The molecule has 0 radical (unpaired) electrons. The van der Waals surface area contributed by atoms with Gasteiger partial charge in [-0.1, -0.05) is 12.8 Å². The topological polar surface area (TPSA) is 47.6 Å². The summed E-state index contributed by atoms with van der Waals surface area (Å²) in [6.45, 7) is 7.59. The van der Waals surface area contributed by atoms with Crippen molar-refractivity contribution in [3.63, 3.8) is 0 Å². The predicted molar refractivity (Wildman–Crippen MR) is 137 cm³/mol. The molecule has 2 aromatic rings. The number of amides is 1. The van der Waals surface area contributed by atoms with Crippen LogP contribution in [0.5, 0.6) is 0 Å². The Kier molecular flexibility index (Phi) is 7.98. The molecule has 0 bridgehead atoms. The number of carbonyl (C=O) groups is 1. The van der Waals surface area contributed by atoms with Crippen LogP contribution in [-0.4, -0.2) is 51.4 Å². The van der Waals surface area contributed by atoms with Gasteiger partial charge in [0.2, 0.25) is 5.91 Å². The maximum atomic E-state index is 11.8. The molecule has 0 unspecified atom stereocenters. The van der Waals surface area contributed by atoms with E-state index < -0.39 is 0 Å². The minimum atomic E-state index is 0.196. The summed E-state index contributed by atoms with van der Waals surface area (Å²) < 4.78 is 0. The number of piperazine rings is 1. The van der Waals surface area contributed by atoms with Crippen LogP contribution in [0.3, 0.4) is 0 Å². The fraction of sp³-hybridized carbons (Fsp3) is 0.500. The second-order valence-electron chi connectivity index (χ2n) is 8.85. The first-order valence-corrected chi connectivity index (χ1v) is 12.9. The Hall–Kier alpha value is -2.18. The Morgan fingerprint density at radius 2 is 1.78 bits per heavy atom. The number of anilines is 3. The van der Waals surface area contributed by atoms with E-state index in [2.05, 4.69) is 58.9 Å². The Morgan fingerprint density at radius 3 is 2.59 bits per heavy atom. The third-order valence-corrected chi connectivity index (χ3v) is 7.53. The molecule has 0 aromatic heterocycles. The first-order chi connectivity index (χ1) is 15.6. The molecule has 5 nitrogen and oxygen atoms in total. The highest BCUT2D eigenvalue weighted by Gasteiger charge is 2.23. The molecule has 2 aliphatic rings. The van der Waals surface area contributed by atoms with Gasteiger partial charge in [0.1, 0.15) is 0 Å². The molecular formula is C26H36N4OS. The molecular weight excluding hydrogens is 416 g/mol. The molecule has 6 heteroatoms. The minimum Gasteiger partial charge on any atom is -0.385 e. The number of nitrogens with zero attached hydrogens (tertiary/aromatic N) is 2. The summed E-state index contributed by atoms with van der Waals surface area (Å²) in [6.07, 6.45) is 5.51. The standard InChI is InChI=1S/C26H36N4OS/c1-20-17-22(7-9-24(20)30-14-12-27-13-15-30)28-11-5-3-4-6-16-32-23-8-10-25-21(18-23)19-26(31)29(25)2/h7-10,17-18,27-28H,3-6,11-16,19H2,1-2H3. The molecule has 0 spiro atoms. The zero-order chi connectivity index (χ0) is 22.3. The maximum Gasteiger partial charge on any atom is 0.231 e. The second kappa shape index (κ2) is 11.1. The maximum absolute atomic E-state index is 11.8. The van der Waals surface area contributed by atoms with Crippen LogP contribution in [-0.2, 0) is 11.2 Å². The third kappa shape index (κ3) is 5.78. The first kappa shape index (κ1) is 23.0. The zero-order valence-corrected chi connectivity index (χ0v) is 20.3. The van der Waals surface area contributed by atoms with Gasteiger partial charge in [-0.2, -0.15) is 0 Å². The van der Waals surface area contributed by atoms with Gasteiger partial charge in [0.25, 0.3) is 0 Å². The monoisotopic (exact) mass is 452 g/mol. The molecule has 2 N–H and O–H groups in total. The van der Waals surface area contributed by atoms with Gasteiger partial charge in [0.15, 0.2) is 0 Å². The SMILES string of the molecule is Cc1cc(NCCCCCCSc2ccc3c(c2)CC(=O)N3C)ccc1N1CCNCC1. The van der Waals surface area contributed by atoms with E-state index in [9.17, 15) is 4.79 Å². The molecule has 172 valence electrons. The quantitative estimate of drug-likeness (QED) is 0.405. The summed E-state index contributed by atoms with van der Waals surface area (Å²) in [4.78, 5) is 17.4. The summed E-state index contributed by atoms with van der Waals surface area (Å²) in [5.41, 5.74) is 6.20. The van der Waals surface area contributed by atoms with Crippen LogP contribution in [0.25, 0.3) is 0 Å². The summed E-state index contributed by atoms with van der Waals surface area (Å²) in [5.74, 6) is 1.34. The van der Waals surface area contributed by atoms with Crippen LogP contribution in [0.1, 0.15) is 36.8 Å². The highest BCUT2D eigenvalue weighted by Crippen LogP contribution is 2.32. The van der Waals surface area contributed by atoms with Gasteiger partial charge in [0.05, 0.1) is 6.42 Å². The number of unbranched alkanes of at least 4 members (excludes halogenated alkanes) is 3. The zero-order valence-electron chi connectivity index (χ0n) is 19.5. The molecule has 1 fully saturated rings. The minimum absolute atomic E-state index is 0.196. The van der Waals surface area contributed by atoms with Crippen LogP contribution < -0.4 is 20.4 Å². The number of benzene rings is 2. The first-order valence-electron chi connectivity index (χ1n) is 11.9. The van der Waals surface area contributed by atoms with E-state index in [1.807, 2.05) is 18.8 Å². The third-order valence-electron chi connectivity index (χ3n) is 6.45. The van der Waals surface area contributed by atoms with Crippen molar-refractivity contribution in [3.05, 3.63) is 47.5 Å². The largest absolute Gasteiger partial charge is 0.385 e. The average Bonchev–Trinajstić information content (AvgIpc) is 3.09. The van der Waals surface area contributed by atoms with Gasteiger partial charge in [-0.15, -0.1) is 11.8 Å². The lowest BCUT2D eigenvalue weighted by Gasteiger charge is -2.31. The van der Waals surface area contributed by atoms with E-state index in [1.165, 1.54) is 53.1 Å². The number of hydrogen-bond acceptors (Lipinski definition) is 5. The number of carbonyl (C=O) groups excluding carboxylic acids is 1. The van der Waals surface area contributed by atoms with E-state index in [1.54, 1.807) is 4.90 Å². The van der Waals surface area contributed by atoms with E-state index >= 15 is 0 Å². The van der Waals surface area contributed by atoms with Crippen LogP contribution in [0, 0.1) is 6.92 Å². The van der Waals surface area contributed by atoms with Crippen LogP contribution in [0.15, 0.2) is 41.3 Å². The van der Waals surface area contributed by atoms with Crippen molar-refractivity contribution in [2.45, 2.75) is 43.9 Å². The number of nitrogens with one attached hydrogen (secondary N) is 2. The molecule has 0 atom stereocenters. The van der Waals surface area contributed by atoms with Crippen molar-refractivity contribution in [1.29, 1.82) is 0 Å². The van der Waals surface area contributed by atoms with Crippen LogP contribution >= 0.6 is 11.8 Å². The summed E-state index contributed by atoms with van der Waals surface area (Å²) in [7, 11) is 1.86. The number of thioether (sulfide) groups is 1. The smallest absolute Gasteiger partial charge is 0.231 e. The number of hydrogen-bond donors (Lipinski definition) is 2. The fourth-order valence-corrected chi connectivity index (χ4v) is 5.54. The van der Waals surface area contributed by atoms with Crippen molar-refractivity contribution in [2.75, 3.05) is 60.6 Å². The number of likely N-dealkylation sites (N-methyl/N-ethyl adjacent to an activating group) is 1. The summed E-state index contributed by atoms with van der Waals surface area (Å²) in [5, 5.41) is 7.02. The molecule has 0 aliphatic carbocycles. The van der Waals surface area contributed by atoms with E-state index in [0.717, 1.165) is 44.2 Å². The molecule has 0 saturated carbocycles. The highest BCUT2D eigenvalue weighted by atomic mass is 32.2. The number of fused-ring (bicyclic) bond motifs is 1. The van der Waals surface area contributed by atoms with E-state index in [4.69, 9.17) is 0 Å². The predicted octanol–water partition coefficient (Wildman–Crippen LogP) is 4.69. The molecule has 32 heavy (non-hydrogen) atoms. The summed E-state index contributed by atoms with van der Waals surface area (Å²) >= 11 is 1.91. The van der Waals surface area contributed by atoms with Crippen LogP contribution in [0.2, 0.25) is 0 Å². The summed E-state index contributed by atoms with van der Waals surface area (Å²) in [6, 6.07) is 13.2. The second-order valence-corrected chi connectivity index (χ2v) is 10.0. The van der Waals surface area contributed by atoms with Gasteiger partial charge >= 0.3 is 0 Å². The lowest BCUT2D eigenvalue weighted by molar-refractivity contribution is -0.117. The number of aryl methyl sites for hydroxylation is 1. The Balaban J connectivity index is 1.10. The van der Waals surface area contributed by atoms with Crippen molar-refractivity contribution < 1.29 is 4.79 Å². The van der Waals surface area contributed by atoms with Crippen molar-refractivity contribution in [1.82, 2.24) is 5.32 Å². The van der Waals surface area contributed by atoms with E-state index in [-0.39, 0.29) is 5.91 Å². The molecule has 2 heterocycles. The van der Waals surface area contributed by atoms with Crippen molar-refractivity contribution in [3.8, 4) is 0 Å². The van der Waals surface area contributed by atoms with Gasteiger partial charge in [-0.05, 0) is 73.0 Å². The highest BCUT2D eigenvalue weighted by molar-refractivity contribution is 7.99. The lowest BCUT2D eigenvalue weighted by Crippen LogP contribution is -2.43. The van der Waals surface area contributed by atoms with Crippen molar-refractivity contribution >= 4 is 34.7 Å². The van der Waals surface area contributed by atoms with Crippen LogP contribution in [0.4, 0.5) is 17.1 Å². The van der Waals surface area contributed by atoms with Gasteiger partial charge in [-0.25, -0.2) is 0 Å². The number of rotatable bonds is 10. The van der Waals surface area contributed by atoms with Crippen molar-refractivity contribution in [2.24, 2.45) is 0 Å². The normalized spacial score (nSPS) is 15.9. The fourth-order valence-electron chi connectivity index (χ4n) is 4.57. The molecule has 2 aliphatic heterocycles. The molecule has 4 rings (SSSR count). The lowest BCUT2D eigenvalue weighted by atomic mass is 10.1. The van der Waals surface area contributed by atoms with Gasteiger partial charge in [0, 0.05) is 61.7 Å². The van der Waals surface area contributed by atoms with Gasteiger partial charge in [-0.3, -0.25) is 4.79 Å². The Bertz CT molecular complexity index is 926. The Labute approximate surface area is 196 Å². The van der Waals surface area contributed by atoms with E-state index in [0.29, 0.717) is 6.42 Å². The average molecular weight is 453 g/mol. The molecule has 1 amide bonds. The molecule has 1 saturated heterocycles. The van der Waals surface area contributed by atoms with Gasteiger partial charge < -0.3 is 20.4 Å². The Morgan fingerprint density at radius 1 is 1.00 bits per heavy atom. The molecule has 2 aromatic carbocycles.